The van der Waals surface area contributed by atoms with Crippen LogP contribution in [-0.2, 0) is 23.7 Å². The summed E-state index contributed by atoms with van der Waals surface area (Å²) in [7, 11) is 3.88. The maximum atomic E-state index is 13.6. The summed E-state index contributed by atoms with van der Waals surface area (Å²) in [4.78, 5) is 14.9. The van der Waals surface area contributed by atoms with Crippen LogP contribution in [0.5, 0.6) is 0 Å². The normalized spacial score (nSPS) is 12.3. The maximum absolute atomic E-state index is 13.6. The Balaban J connectivity index is 1.71. The SMILES string of the molecule is CN(C)CCCOCc1nc(Nc2ccc(C(F)(F)F)cc2)c2ccc(-c3ncccc3C(F)(F)F)cc2n1. The Bertz CT molecular complexity index is 1420. The molecule has 0 radical (unpaired) electrons. The van der Waals surface area contributed by atoms with E-state index in [1.807, 2.05) is 19.0 Å². The van der Waals surface area contributed by atoms with Gasteiger partial charge in [0.15, 0.2) is 5.82 Å². The number of anilines is 2. The van der Waals surface area contributed by atoms with Crippen LogP contribution >= 0.6 is 0 Å². The smallest absolute Gasteiger partial charge is 0.373 e. The fourth-order valence-electron chi connectivity index (χ4n) is 3.87. The van der Waals surface area contributed by atoms with E-state index in [1.165, 1.54) is 36.5 Å². The highest BCUT2D eigenvalue weighted by atomic mass is 19.4. The Labute approximate surface area is 220 Å². The van der Waals surface area contributed by atoms with Gasteiger partial charge in [-0.15, -0.1) is 0 Å². The summed E-state index contributed by atoms with van der Waals surface area (Å²) in [6, 6.07) is 11.1. The molecule has 4 aromatic rings. The number of nitrogens with zero attached hydrogens (tertiary/aromatic N) is 4. The lowest BCUT2D eigenvalue weighted by Gasteiger charge is -2.15. The molecule has 2 heterocycles. The molecule has 0 aliphatic heterocycles. The van der Waals surface area contributed by atoms with Crippen LogP contribution in [0.1, 0.15) is 23.4 Å². The number of hydrogen-bond donors (Lipinski definition) is 1. The molecule has 4 rings (SSSR count). The summed E-state index contributed by atoms with van der Waals surface area (Å²) in [6.07, 6.45) is -7.04. The third-order valence-electron chi connectivity index (χ3n) is 5.73. The number of benzene rings is 2. The summed E-state index contributed by atoms with van der Waals surface area (Å²) in [5.41, 5.74) is -1.06. The topological polar surface area (TPSA) is 63.2 Å². The molecule has 206 valence electrons. The van der Waals surface area contributed by atoms with Crippen LogP contribution in [0.4, 0.5) is 37.8 Å². The van der Waals surface area contributed by atoms with E-state index in [2.05, 4.69) is 20.3 Å². The zero-order valence-corrected chi connectivity index (χ0v) is 21.1. The quantitative estimate of drug-likeness (QED) is 0.180. The molecule has 1 N–H and O–H groups in total. The number of fused-ring (bicyclic) bond motifs is 1. The number of halogens is 6. The van der Waals surface area contributed by atoms with Crippen LogP contribution in [0.2, 0.25) is 0 Å². The van der Waals surface area contributed by atoms with Crippen molar-refractivity contribution in [1.82, 2.24) is 19.9 Å². The second-order valence-corrected chi connectivity index (χ2v) is 9.03. The van der Waals surface area contributed by atoms with Gasteiger partial charge in [-0.1, -0.05) is 6.07 Å². The van der Waals surface area contributed by atoms with Crippen molar-refractivity contribution in [2.45, 2.75) is 25.4 Å². The average molecular weight is 550 g/mol. The van der Waals surface area contributed by atoms with Crippen LogP contribution in [0.25, 0.3) is 22.2 Å². The Kier molecular flexibility index (Phi) is 8.36. The van der Waals surface area contributed by atoms with Gasteiger partial charge in [0.25, 0.3) is 0 Å². The fraction of sp³-hybridized carbons (Fsp3) is 0.296. The third kappa shape index (κ3) is 7.21. The monoisotopic (exact) mass is 549 g/mol. The predicted molar refractivity (Wildman–Crippen MR) is 135 cm³/mol. The van der Waals surface area contributed by atoms with Crippen LogP contribution in [-0.4, -0.2) is 47.1 Å². The van der Waals surface area contributed by atoms with E-state index >= 15 is 0 Å². The number of alkyl halides is 6. The highest BCUT2D eigenvalue weighted by Gasteiger charge is 2.34. The van der Waals surface area contributed by atoms with Crippen molar-refractivity contribution in [1.29, 1.82) is 0 Å². The average Bonchev–Trinajstić information content (AvgIpc) is 2.87. The van der Waals surface area contributed by atoms with E-state index in [0.29, 0.717) is 23.2 Å². The van der Waals surface area contributed by atoms with E-state index in [1.54, 1.807) is 6.07 Å². The number of rotatable bonds is 9. The second kappa shape index (κ2) is 11.5. The number of pyridine rings is 1. The minimum Gasteiger partial charge on any atom is -0.373 e. The largest absolute Gasteiger partial charge is 0.418 e. The van der Waals surface area contributed by atoms with Crippen molar-refractivity contribution in [2.24, 2.45) is 0 Å². The van der Waals surface area contributed by atoms with Crippen molar-refractivity contribution < 1.29 is 31.1 Å². The van der Waals surface area contributed by atoms with Gasteiger partial charge < -0.3 is 15.0 Å². The summed E-state index contributed by atoms with van der Waals surface area (Å²) in [5, 5.41) is 3.46. The van der Waals surface area contributed by atoms with Gasteiger partial charge in [0, 0.05) is 29.4 Å². The molecular formula is C27H25F6N5O. The number of nitrogens with one attached hydrogen (secondary N) is 1. The van der Waals surface area contributed by atoms with Gasteiger partial charge in [-0.2, -0.15) is 26.3 Å². The Morgan fingerprint density at radius 3 is 2.31 bits per heavy atom. The minimum absolute atomic E-state index is 0.0344. The van der Waals surface area contributed by atoms with Crippen molar-refractivity contribution >= 4 is 22.4 Å². The standard InChI is InChI=1S/C27H25F6N5O/c1-38(2)13-4-14-39-16-23-36-22-15-17(24-21(27(31,32)33)5-3-12-34-24)6-11-20(22)25(37-23)35-19-9-7-18(8-10-19)26(28,29)30/h3,5-12,15H,4,13-14,16H2,1-2H3,(H,35,36,37). The summed E-state index contributed by atoms with van der Waals surface area (Å²) in [6.45, 7) is 1.28. The van der Waals surface area contributed by atoms with Crippen molar-refractivity contribution in [3.63, 3.8) is 0 Å². The molecule has 39 heavy (non-hydrogen) atoms. The van der Waals surface area contributed by atoms with Crippen molar-refractivity contribution in [2.75, 3.05) is 32.6 Å². The second-order valence-electron chi connectivity index (χ2n) is 9.03. The highest BCUT2D eigenvalue weighted by molar-refractivity contribution is 5.93. The molecule has 0 fully saturated rings. The molecule has 0 saturated carbocycles. The Morgan fingerprint density at radius 2 is 1.64 bits per heavy atom. The first-order valence-corrected chi connectivity index (χ1v) is 11.9. The fourth-order valence-corrected chi connectivity index (χ4v) is 3.87. The molecule has 0 unspecified atom stereocenters. The Morgan fingerprint density at radius 1 is 0.897 bits per heavy atom. The van der Waals surface area contributed by atoms with Crippen LogP contribution in [0, 0.1) is 0 Å². The predicted octanol–water partition coefficient (Wildman–Crippen LogP) is 6.94. The zero-order valence-electron chi connectivity index (χ0n) is 21.1. The molecule has 0 saturated heterocycles. The number of aromatic nitrogens is 3. The number of hydrogen-bond acceptors (Lipinski definition) is 6. The molecule has 0 atom stereocenters. The molecule has 12 heteroatoms. The van der Waals surface area contributed by atoms with E-state index < -0.39 is 23.5 Å². The first-order valence-electron chi connectivity index (χ1n) is 11.9. The molecule has 6 nitrogen and oxygen atoms in total. The van der Waals surface area contributed by atoms with Gasteiger partial charge in [-0.25, -0.2) is 9.97 Å². The van der Waals surface area contributed by atoms with Gasteiger partial charge in [-0.3, -0.25) is 4.98 Å². The van der Waals surface area contributed by atoms with Crippen LogP contribution in [0.3, 0.4) is 0 Å². The first-order chi connectivity index (χ1) is 18.4. The lowest BCUT2D eigenvalue weighted by Crippen LogP contribution is -2.15. The van der Waals surface area contributed by atoms with E-state index in [-0.39, 0.29) is 29.5 Å². The molecule has 0 amide bonds. The van der Waals surface area contributed by atoms with E-state index in [9.17, 15) is 26.3 Å². The van der Waals surface area contributed by atoms with Crippen LogP contribution < -0.4 is 5.32 Å². The molecule has 0 bridgehead atoms. The lowest BCUT2D eigenvalue weighted by molar-refractivity contribution is -0.138. The van der Waals surface area contributed by atoms with Gasteiger partial charge >= 0.3 is 12.4 Å². The molecule has 2 aromatic carbocycles. The first kappa shape index (κ1) is 28.2. The minimum atomic E-state index is -4.61. The molecular weight excluding hydrogens is 524 g/mol. The van der Waals surface area contributed by atoms with Crippen molar-refractivity contribution in [3.8, 4) is 11.3 Å². The Hall–Kier alpha value is -3.77. The zero-order chi connectivity index (χ0) is 28.2. The molecule has 0 aliphatic carbocycles. The number of ether oxygens (including phenoxy) is 1. The van der Waals surface area contributed by atoms with Gasteiger partial charge in [0.05, 0.1) is 22.3 Å². The molecule has 2 aromatic heterocycles. The highest BCUT2D eigenvalue weighted by Crippen LogP contribution is 2.37. The van der Waals surface area contributed by atoms with Crippen LogP contribution in [0.15, 0.2) is 60.8 Å². The summed E-state index contributed by atoms with van der Waals surface area (Å²) in [5.74, 6) is 0.534. The van der Waals surface area contributed by atoms with Crippen molar-refractivity contribution in [3.05, 3.63) is 77.7 Å². The van der Waals surface area contributed by atoms with Gasteiger partial charge in [0.2, 0.25) is 0 Å². The van der Waals surface area contributed by atoms with Gasteiger partial charge in [-0.05, 0) is 75.6 Å². The molecule has 0 spiro atoms. The van der Waals surface area contributed by atoms with E-state index in [4.69, 9.17) is 4.74 Å². The summed E-state index contributed by atoms with van der Waals surface area (Å²) < 4.78 is 85.4. The maximum Gasteiger partial charge on any atom is 0.418 e. The van der Waals surface area contributed by atoms with Gasteiger partial charge in [0.1, 0.15) is 12.4 Å². The molecule has 0 aliphatic rings. The van der Waals surface area contributed by atoms with E-state index in [0.717, 1.165) is 31.2 Å². The third-order valence-corrected chi connectivity index (χ3v) is 5.73. The summed E-state index contributed by atoms with van der Waals surface area (Å²) >= 11 is 0. The lowest BCUT2D eigenvalue weighted by atomic mass is 10.0.